The molecule has 1 aliphatic rings. The Balaban J connectivity index is 1.30. The second-order valence-electron chi connectivity index (χ2n) is 8.42. The zero-order chi connectivity index (χ0) is 27.4. The molecule has 0 bridgehead atoms. The maximum Gasteiger partial charge on any atom is 0.270 e. The highest BCUT2D eigenvalue weighted by Crippen LogP contribution is 2.27. The lowest BCUT2D eigenvalue weighted by molar-refractivity contribution is -0.122. The van der Waals surface area contributed by atoms with Crippen LogP contribution in [0.25, 0.3) is 6.08 Å². The number of halogens is 2. The highest BCUT2D eigenvalue weighted by atomic mass is 35.5. The van der Waals surface area contributed by atoms with Gasteiger partial charge >= 0.3 is 0 Å². The Morgan fingerprint density at radius 2 is 1.51 bits per heavy atom. The van der Waals surface area contributed by atoms with E-state index in [0.717, 1.165) is 0 Å². The van der Waals surface area contributed by atoms with Gasteiger partial charge in [-0.05, 0) is 84.5 Å². The summed E-state index contributed by atoms with van der Waals surface area (Å²) in [6, 6.07) is 27.2. The first-order valence-electron chi connectivity index (χ1n) is 11.8. The summed E-state index contributed by atoms with van der Waals surface area (Å²) < 4.78 is 25.4. The predicted octanol–water partition coefficient (Wildman–Crippen LogP) is 6.68. The summed E-state index contributed by atoms with van der Waals surface area (Å²) in [7, 11) is 0. The normalized spacial score (nSPS) is 14.4. The minimum absolute atomic E-state index is 0.0190. The molecular formula is C30H20ClFN2O4S. The van der Waals surface area contributed by atoms with Crippen LogP contribution in [0.1, 0.15) is 11.1 Å². The average molecular weight is 559 g/mol. The molecule has 5 rings (SSSR count). The number of thiocarbonyl (C=S) groups is 1. The summed E-state index contributed by atoms with van der Waals surface area (Å²) in [5.74, 6) is 0.122. The van der Waals surface area contributed by atoms with Crippen LogP contribution in [0.15, 0.2) is 103 Å². The zero-order valence-corrected chi connectivity index (χ0v) is 21.8. The predicted molar refractivity (Wildman–Crippen MR) is 151 cm³/mol. The molecule has 1 aliphatic heterocycles. The highest BCUT2D eigenvalue weighted by molar-refractivity contribution is 7.80. The molecule has 0 unspecified atom stereocenters. The lowest BCUT2D eigenvalue weighted by Gasteiger charge is -2.29. The van der Waals surface area contributed by atoms with Gasteiger partial charge in [0.25, 0.3) is 11.8 Å². The summed E-state index contributed by atoms with van der Waals surface area (Å²) in [5, 5.41) is 2.83. The van der Waals surface area contributed by atoms with Crippen molar-refractivity contribution in [2.45, 2.75) is 6.61 Å². The van der Waals surface area contributed by atoms with Crippen molar-refractivity contribution in [3.05, 3.63) is 125 Å². The van der Waals surface area contributed by atoms with Gasteiger partial charge in [-0.1, -0.05) is 48.0 Å². The average Bonchev–Trinajstić information content (AvgIpc) is 2.93. The summed E-state index contributed by atoms with van der Waals surface area (Å²) in [6.45, 7) is -0.0472. The topological polar surface area (TPSA) is 67.9 Å². The SMILES string of the molecule is O=C1NC(=S)N(c2ccc(Oc3ccccc3)cc2)C(=O)C1=Cc1ccc(OCc2c(F)cccc2Cl)cc1. The summed E-state index contributed by atoms with van der Waals surface area (Å²) in [4.78, 5) is 27.2. The van der Waals surface area contributed by atoms with Gasteiger partial charge in [-0.3, -0.25) is 19.8 Å². The number of para-hydroxylation sites is 1. The Kier molecular flexibility index (Phi) is 7.67. The van der Waals surface area contributed by atoms with E-state index in [-0.39, 0.29) is 27.9 Å². The number of nitrogens with one attached hydrogen (secondary N) is 1. The molecular weight excluding hydrogens is 539 g/mol. The van der Waals surface area contributed by atoms with Crippen molar-refractivity contribution >= 4 is 52.5 Å². The number of hydrogen-bond donors (Lipinski definition) is 1. The van der Waals surface area contributed by atoms with Crippen LogP contribution in [0.3, 0.4) is 0 Å². The number of anilines is 1. The number of nitrogens with zero attached hydrogens (tertiary/aromatic N) is 1. The van der Waals surface area contributed by atoms with Gasteiger partial charge in [-0.25, -0.2) is 4.39 Å². The maximum absolute atomic E-state index is 14.0. The van der Waals surface area contributed by atoms with Crippen LogP contribution < -0.4 is 19.7 Å². The Hall–Kier alpha value is -4.53. The van der Waals surface area contributed by atoms with Gasteiger partial charge in [0.15, 0.2) is 5.11 Å². The summed E-state index contributed by atoms with van der Waals surface area (Å²) in [5.41, 5.74) is 1.24. The van der Waals surface area contributed by atoms with Crippen molar-refractivity contribution in [1.82, 2.24) is 5.32 Å². The molecule has 0 saturated carbocycles. The van der Waals surface area contributed by atoms with Gasteiger partial charge in [0.05, 0.1) is 10.7 Å². The standard InChI is InChI=1S/C30H20ClFN2O4S/c31-26-7-4-8-27(32)25(26)18-37-21-13-9-19(10-14-21)17-24-28(35)33-30(39)34(29(24)36)20-11-15-23(16-12-20)38-22-5-2-1-3-6-22/h1-17H,18H2,(H,33,35,39). The van der Waals surface area contributed by atoms with Crippen LogP contribution in [0.5, 0.6) is 17.2 Å². The molecule has 1 heterocycles. The maximum atomic E-state index is 14.0. The van der Waals surface area contributed by atoms with Crippen LogP contribution in [0.2, 0.25) is 5.02 Å². The molecule has 9 heteroatoms. The van der Waals surface area contributed by atoms with Crippen molar-refractivity contribution in [1.29, 1.82) is 0 Å². The summed E-state index contributed by atoms with van der Waals surface area (Å²) in [6.07, 6.45) is 1.47. The number of rotatable bonds is 7. The van der Waals surface area contributed by atoms with Crippen molar-refractivity contribution in [2.75, 3.05) is 4.90 Å². The molecule has 1 N–H and O–H groups in total. The molecule has 6 nitrogen and oxygen atoms in total. The molecule has 0 radical (unpaired) electrons. The van der Waals surface area contributed by atoms with E-state index in [2.05, 4.69) is 5.32 Å². The fourth-order valence-corrected chi connectivity index (χ4v) is 4.33. The minimum Gasteiger partial charge on any atom is -0.489 e. The fourth-order valence-electron chi connectivity index (χ4n) is 3.83. The van der Waals surface area contributed by atoms with E-state index < -0.39 is 17.6 Å². The van der Waals surface area contributed by atoms with Crippen LogP contribution >= 0.6 is 23.8 Å². The lowest BCUT2D eigenvalue weighted by Crippen LogP contribution is -2.54. The zero-order valence-electron chi connectivity index (χ0n) is 20.3. The van der Waals surface area contributed by atoms with Gasteiger partial charge in [0.1, 0.15) is 35.2 Å². The molecule has 0 aliphatic carbocycles. The van der Waals surface area contributed by atoms with Gasteiger partial charge in [-0.2, -0.15) is 0 Å². The van der Waals surface area contributed by atoms with E-state index in [1.54, 1.807) is 54.6 Å². The second kappa shape index (κ2) is 11.5. The van der Waals surface area contributed by atoms with Crippen LogP contribution in [0.4, 0.5) is 10.1 Å². The molecule has 1 fully saturated rings. The Bertz CT molecular complexity index is 1560. The first-order chi connectivity index (χ1) is 18.9. The first kappa shape index (κ1) is 26.1. The van der Waals surface area contributed by atoms with Crippen LogP contribution in [0, 0.1) is 5.82 Å². The van der Waals surface area contributed by atoms with E-state index in [1.165, 1.54) is 23.1 Å². The van der Waals surface area contributed by atoms with Gasteiger partial charge in [0.2, 0.25) is 0 Å². The van der Waals surface area contributed by atoms with Crippen molar-refractivity contribution < 1.29 is 23.5 Å². The monoisotopic (exact) mass is 558 g/mol. The molecule has 0 aromatic heterocycles. The van der Waals surface area contributed by atoms with E-state index in [4.69, 9.17) is 33.3 Å². The number of carbonyl (C=O) groups is 2. The number of amides is 2. The first-order valence-corrected chi connectivity index (χ1v) is 12.6. The quantitative estimate of drug-likeness (QED) is 0.156. The Morgan fingerprint density at radius 1 is 0.846 bits per heavy atom. The van der Waals surface area contributed by atoms with E-state index in [0.29, 0.717) is 28.5 Å². The largest absolute Gasteiger partial charge is 0.489 e. The lowest BCUT2D eigenvalue weighted by atomic mass is 10.1. The van der Waals surface area contributed by atoms with Gasteiger partial charge in [-0.15, -0.1) is 0 Å². The van der Waals surface area contributed by atoms with E-state index in [9.17, 15) is 14.0 Å². The van der Waals surface area contributed by atoms with Crippen molar-refractivity contribution in [3.63, 3.8) is 0 Å². The third-order valence-corrected chi connectivity index (χ3v) is 6.45. The van der Waals surface area contributed by atoms with Gasteiger partial charge in [0, 0.05) is 5.56 Å². The number of carbonyl (C=O) groups excluding carboxylic acids is 2. The van der Waals surface area contributed by atoms with Crippen LogP contribution in [-0.4, -0.2) is 16.9 Å². The Labute approximate surface area is 234 Å². The number of benzene rings is 4. The van der Waals surface area contributed by atoms with Gasteiger partial charge < -0.3 is 9.47 Å². The minimum atomic E-state index is -0.597. The molecule has 2 amide bonds. The van der Waals surface area contributed by atoms with E-state index in [1.807, 2.05) is 30.3 Å². The molecule has 4 aromatic carbocycles. The van der Waals surface area contributed by atoms with Crippen LogP contribution in [-0.2, 0) is 16.2 Å². The molecule has 4 aromatic rings. The van der Waals surface area contributed by atoms with Crippen molar-refractivity contribution in [3.8, 4) is 17.2 Å². The molecule has 194 valence electrons. The summed E-state index contributed by atoms with van der Waals surface area (Å²) >= 11 is 11.3. The smallest absolute Gasteiger partial charge is 0.270 e. The second-order valence-corrected chi connectivity index (χ2v) is 9.22. The molecule has 0 spiro atoms. The molecule has 0 atom stereocenters. The molecule has 1 saturated heterocycles. The van der Waals surface area contributed by atoms with Crippen molar-refractivity contribution in [2.24, 2.45) is 0 Å². The number of ether oxygens (including phenoxy) is 2. The number of hydrogen-bond acceptors (Lipinski definition) is 5. The molecule has 39 heavy (non-hydrogen) atoms. The van der Waals surface area contributed by atoms with E-state index >= 15 is 0 Å². The Morgan fingerprint density at radius 3 is 2.21 bits per heavy atom. The third-order valence-electron chi connectivity index (χ3n) is 5.81. The highest BCUT2D eigenvalue weighted by Gasteiger charge is 2.34. The fraction of sp³-hybridized carbons (Fsp3) is 0.0333. The third kappa shape index (κ3) is 5.98.